The molecular weight excluding hydrogens is 316 g/mol. The Hall–Kier alpha value is -2.41. The lowest BCUT2D eigenvalue weighted by molar-refractivity contribution is -0.122. The number of carbonyl (C=O) groups is 2. The first kappa shape index (κ1) is 17.0. The van der Waals surface area contributed by atoms with Crippen LogP contribution in [0.25, 0.3) is 0 Å². The fraction of sp³-hybridized carbons (Fsp3) is 0.312. The molecule has 0 saturated heterocycles. The number of amides is 1. The van der Waals surface area contributed by atoms with Gasteiger partial charge in [0, 0.05) is 0 Å². The van der Waals surface area contributed by atoms with Gasteiger partial charge in [0.2, 0.25) is 0 Å². The quantitative estimate of drug-likeness (QED) is 0.851. The van der Waals surface area contributed by atoms with Crippen molar-refractivity contribution in [2.24, 2.45) is 0 Å². The molecule has 1 N–H and O–H groups in total. The molecule has 0 fully saturated rings. The number of nitrogens with one attached hydrogen (secondary N) is 1. The van der Waals surface area contributed by atoms with E-state index < -0.39 is 12.1 Å². The topological polar surface area (TPSA) is 77.5 Å². The van der Waals surface area contributed by atoms with Crippen LogP contribution in [0.1, 0.15) is 27.9 Å². The van der Waals surface area contributed by atoms with Crippen molar-refractivity contribution in [3.8, 4) is 5.75 Å². The summed E-state index contributed by atoms with van der Waals surface area (Å²) in [7, 11) is 1.30. The van der Waals surface area contributed by atoms with Crippen molar-refractivity contribution in [2.75, 3.05) is 12.4 Å². The van der Waals surface area contributed by atoms with Gasteiger partial charge in [-0.25, -0.2) is 9.78 Å². The van der Waals surface area contributed by atoms with E-state index in [2.05, 4.69) is 15.0 Å². The van der Waals surface area contributed by atoms with Crippen LogP contribution in [0.5, 0.6) is 5.75 Å². The Morgan fingerprint density at radius 2 is 1.87 bits per heavy atom. The van der Waals surface area contributed by atoms with E-state index >= 15 is 0 Å². The molecule has 1 heterocycles. The fourth-order valence-corrected chi connectivity index (χ4v) is 2.70. The van der Waals surface area contributed by atoms with Crippen LogP contribution in [-0.2, 0) is 9.53 Å². The summed E-state index contributed by atoms with van der Waals surface area (Å²) in [5.41, 5.74) is 1.63. The van der Waals surface area contributed by atoms with Crippen LogP contribution in [0.3, 0.4) is 0 Å². The van der Waals surface area contributed by atoms with E-state index in [-0.39, 0.29) is 5.91 Å². The molecule has 0 radical (unpaired) electrons. The van der Waals surface area contributed by atoms with Crippen molar-refractivity contribution < 1.29 is 19.1 Å². The van der Waals surface area contributed by atoms with E-state index in [9.17, 15) is 9.59 Å². The summed E-state index contributed by atoms with van der Waals surface area (Å²) in [6.45, 7) is 5.31. The third kappa shape index (κ3) is 4.29. The predicted octanol–water partition coefficient (Wildman–Crippen LogP) is 2.95. The fourth-order valence-electron chi connectivity index (χ4n) is 1.81. The summed E-state index contributed by atoms with van der Waals surface area (Å²) >= 11 is 1.07. The Labute approximate surface area is 138 Å². The SMILES string of the molecule is COC(=O)c1sc(NC(=O)[C@H](C)Oc2ccc(C)cc2)nc1C. The molecule has 0 saturated carbocycles. The minimum atomic E-state index is -0.691. The lowest BCUT2D eigenvalue weighted by atomic mass is 10.2. The van der Waals surface area contributed by atoms with Crippen molar-refractivity contribution in [1.29, 1.82) is 0 Å². The highest BCUT2D eigenvalue weighted by Gasteiger charge is 2.20. The summed E-state index contributed by atoms with van der Waals surface area (Å²) < 4.78 is 10.2. The highest BCUT2D eigenvalue weighted by atomic mass is 32.1. The molecule has 7 heteroatoms. The van der Waals surface area contributed by atoms with E-state index in [1.165, 1.54) is 7.11 Å². The molecule has 2 aromatic rings. The molecule has 1 aromatic carbocycles. The number of aromatic nitrogens is 1. The maximum atomic E-state index is 12.2. The Bertz CT molecular complexity index is 709. The highest BCUT2D eigenvalue weighted by Crippen LogP contribution is 2.23. The molecule has 6 nitrogen and oxygen atoms in total. The van der Waals surface area contributed by atoms with E-state index in [0.717, 1.165) is 16.9 Å². The standard InChI is InChI=1S/C16H18N2O4S/c1-9-5-7-12(8-6-9)22-11(3)14(19)18-16-17-10(2)13(23-16)15(20)21-4/h5-8,11H,1-4H3,(H,17,18,19)/t11-/m0/s1. The van der Waals surface area contributed by atoms with Crippen LogP contribution in [0.2, 0.25) is 0 Å². The number of benzene rings is 1. The molecule has 0 spiro atoms. The van der Waals surface area contributed by atoms with E-state index in [1.807, 2.05) is 31.2 Å². The molecule has 1 amide bonds. The molecule has 23 heavy (non-hydrogen) atoms. The number of hydrogen-bond donors (Lipinski definition) is 1. The highest BCUT2D eigenvalue weighted by molar-refractivity contribution is 7.17. The molecule has 1 atom stereocenters. The van der Waals surface area contributed by atoms with Crippen molar-refractivity contribution >= 4 is 28.3 Å². The van der Waals surface area contributed by atoms with E-state index in [4.69, 9.17) is 4.74 Å². The Morgan fingerprint density at radius 1 is 1.22 bits per heavy atom. The van der Waals surface area contributed by atoms with Crippen LogP contribution in [-0.4, -0.2) is 30.1 Å². The number of rotatable bonds is 5. The predicted molar refractivity (Wildman–Crippen MR) is 88.1 cm³/mol. The lowest BCUT2D eigenvalue weighted by Crippen LogP contribution is -2.30. The summed E-state index contributed by atoms with van der Waals surface area (Å²) in [6, 6.07) is 7.43. The van der Waals surface area contributed by atoms with Crippen LogP contribution in [0.15, 0.2) is 24.3 Å². The zero-order chi connectivity index (χ0) is 17.0. The molecule has 122 valence electrons. The molecular formula is C16H18N2O4S. The van der Waals surface area contributed by atoms with Crippen molar-refractivity contribution in [2.45, 2.75) is 26.9 Å². The van der Waals surface area contributed by atoms with Crippen LogP contribution < -0.4 is 10.1 Å². The number of methoxy groups -OCH3 is 1. The Balaban J connectivity index is 2.01. The van der Waals surface area contributed by atoms with Gasteiger partial charge in [0.15, 0.2) is 11.2 Å². The number of carbonyl (C=O) groups excluding carboxylic acids is 2. The normalized spacial score (nSPS) is 11.7. The van der Waals surface area contributed by atoms with E-state index in [0.29, 0.717) is 21.5 Å². The monoisotopic (exact) mass is 334 g/mol. The van der Waals surface area contributed by atoms with Crippen LogP contribution in [0.4, 0.5) is 5.13 Å². The minimum Gasteiger partial charge on any atom is -0.481 e. The maximum Gasteiger partial charge on any atom is 0.350 e. The van der Waals surface area contributed by atoms with Gasteiger partial charge in [0.25, 0.3) is 5.91 Å². The smallest absolute Gasteiger partial charge is 0.350 e. The van der Waals surface area contributed by atoms with Crippen molar-refractivity contribution in [3.05, 3.63) is 40.4 Å². The first-order valence-electron chi connectivity index (χ1n) is 7.00. The van der Waals surface area contributed by atoms with Crippen molar-refractivity contribution in [1.82, 2.24) is 4.98 Å². The minimum absolute atomic E-state index is 0.337. The zero-order valence-electron chi connectivity index (χ0n) is 13.4. The molecule has 0 bridgehead atoms. The summed E-state index contributed by atoms with van der Waals surface area (Å²) in [6.07, 6.45) is -0.691. The number of aryl methyl sites for hydroxylation is 2. The molecule has 0 aliphatic heterocycles. The molecule has 0 aliphatic rings. The van der Waals surface area contributed by atoms with Gasteiger partial charge in [0.1, 0.15) is 10.6 Å². The molecule has 0 unspecified atom stereocenters. The van der Waals surface area contributed by atoms with Gasteiger partial charge >= 0.3 is 5.97 Å². The summed E-state index contributed by atoms with van der Waals surface area (Å²) in [4.78, 5) is 28.2. The number of hydrogen-bond acceptors (Lipinski definition) is 6. The molecule has 0 aliphatic carbocycles. The van der Waals surface area contributed by atoms with Gasteiger partial charge in [-0.05, 0) is 32.9 Å². The van der Waals surface area contributed by atoms with Gasteiger partial charge in [-0.15, -0.1) is 0 Å². The van der Waals surface area contributed by atoms with Gasteiger partial charge in [-0.1, -0.05) is 29.0 Å². The molecule has 1 aromatic heterocycles. The average Bonchev–Trinajstić information content (AvgIpc) is 2.89. The number of nitrogens with zero attached hydrogens (tertiary/aromatic N) is 1. The van der Waals surface area contributed by atoms with E-state index in [1.54, 1.807) is 13.8 Å². The van der Waals surface area contributed by atoms with Crippen molar-refractivity contribution in [3.63, 3.8) is 0 Å². The van der Waals surface area contributed by atoms with Crippen LogP contribution >= 0.6 is 11.3 Å². The maximum absolute atomic E-state index is 12.2. The largest absolute Gasteiger partial charge is 0.481 e. The number of ether oxygens (including phenoxy) is 2. The summed E-state index contributed by atoms with van der Waals surface area (Å²) in [5, 5.41) is 2.99. The van der Waals surface area contributed by atoms with Gasteiger partial charge in [-0.2, -0.15) is 0 Å². The van der Waals surface area contributed by atoms with Crippen LogP contribution in [0, 0.1) is 13.8 Å². The zero-order valence-corrected chi connectivity index (χ0v) is 14.2. The van der Waals surface area contributed by atoms with Gasteiger partial charge in [0.05, 0.1) is 12.8 Å². The third-order valence-electron chi connectivity index (χ3n) is 3.10. The number of thiazole rings is 1. The second kappa shape index (κ2) is 7.23. The Morgan fingerprint density at radius 3 is 2.48 bits per heavy atom. The third-order valence-corrected chi connectivity index (χ3v) is 4.15. The second-order valence-corrected chi connectivity index (χ2v) is 5.99. The second-order valence-electron chi connectivity index (χ2n) is 4.99. The first-order chi connectivity index (χ1) is 10.9. The lowest BCUT2D eigenvalue weighted by Gasteiger charge is -2.13. The molecule has 2 rings (SSSR count). The first-order valence-corrected chi connectivity index (χ1v) is 7.82. The average molecular weight is 334 g/mol. The van der Waals surface area contributed by atoms with Gasteiger partial charge in [-0.3, -0.25) is 10.1 Å². The van der Waals surface area contributed by atoms with Gasteiger partial charge < -0.3 is 9.47 Å². The number of esters is 1. The number of anilines is 1. The Kier molecular flexibility index (Phi) is 5.33. The summed E-state index contributed by atoms with van der Waals surface area (Å²) in [5.74, 6) is -0.191.